The van der Waals surface area contributed by atoms with Gasteiger partial charge in [0.05, 0.1) is 11.1 Å². The quantitative estimate of drug-likeness (QED) is 0.310. The monoisotopic (exact) mass is 484 g/mol. The Morgan fingerprint density at radius 1 is 0.556 bits per heavy atom. The smallest absolute Gasteiger partial charge is 0.101 e. The summed E-state index contributed by atoms with van der Waals surface area (Å²) in [6, 6.07) is 9.85. The van der Waals surface area contributed by atoms with Crippen molar-refractivity contribution in [3.8, 4) is 12.1 Å². The summed E-state index contributed by atoms with van der Waals surface area (Å²) >= 11 is 0. The van der Waals surface area contributed by atoms with Crippen LogP contribution in [0.25, 0.3) is 0 Å². The predicted molar refractivity (Wildman–Crippen MR) is 148 cm³/mol. The fraction of sp³-hybridized carbons (Fsp3) is 0.765. The highest BCUT2D eigenvalue weighted by molar-refractivity contribution is 5.59. The Morgan fingerprint density at radius 3 is 1.17 bits per heavy atom. The fourth-order valence-corrected chi connectivity index (χ4v) is 9.30. The minimum absolute atomic E-state index is 0.132. The van der Waals surface area contributed by atoms with E-state index in [1.54, 1.807) is 0 Å². The number of hydrogen-bond donors (Lipinski definition) is 0. The molecule has 6 aliphatic carbocycles. The second kappa shape index (κ2) is 10.2. The molecule has 0 saturated heterocycles. The van der Waals surface area contributed by atoms with Crippen molar-refractivity contribution in [1.82, 2.24) is 0 Å². The number of rotatable bonds is 10. The van der Waals surface area contributed by atoms with Crippen LogP contribution in [-0.4, -0.2) is 0 Å². The molecule has 6 saturated carbocycles. The molecule has 2 heteroatoms. The van der Waals surface area contributed by atoms with Gasteiger partial charge >= 0.3 is 0 Å². The van der Waals surface area contributed by atoms with Crippen LogP contribution >= 0.6 is 0 Å². The lowest BCUT2D eigenvalue weighted by Crippen LogP contribution is -2.46. The molecule has 6 aliphatic rings. The summed E-state index contributed by atoms with van der Waals surface area (Å²) in [7, 11) is 0. The van der Waals surface area contributed by atoms with Crippen LogP contribution in [0.4, 0.5) is 0 Å². The van der Waals surface area contributed by atoms with E-state index in [1.165, 1.54) is 140 Å². The maximum Gasteiger partial charge on any atom is 0.101 e. The van der Waals surface area contributed by atoms with Crippen molar-refractivity contribution in [2.24, 2.45) is 10.8 Å². The van der Waals surface area contributed by atoms with Crippen molar-refractivity contribution in [1.29, 1.82) is 10.5 Å². The first-order valence-corrected chi connectivity index (χ1v) is 15.5. The molecule has 7 rings (SSSR count). The van der Waals surface area contributed by atoms with Gasteiger partial charge in [0, 0.05) is 0 Å². The van der Waals surface area contributed by atoms with Gasteiger partial charge in [0.2, 0.25) is 0 Å². The van der Waals surface area contributed by atoms with E-state index in [1.807, 2.05) is 0 Å². The van der Waals surface area contributed by atoms with Crippen LogP contribution in [0.15, 0.2) is 12.1 Å². The van der Waals surface area contributed by atoms with Crippen LogP contribution in [0.3, 0.4) is 0 Å². The maximum atomic E-state index is 10.4. The Kier molecular flexibility index (Phi) is 7.29. The molecule has 1 aromatic rings. The third kappa shape index (κ3) is 4.32. The minimum atomic E-state index is 0.132. The zero-order chi connectivity index (χ0) is 25.3. The van der Waals surface area contributed by atoms with E-state index in [-0.39, 0.29) is 10.8 Å². The molecule has 0 atom stereocenters. The molecule has 0 radical (unpaired) electrons. The number of nitriles is 2. The maximum absolute atomic E-state index is 10.4. The van der Waals surface area contributed by atoms with Gasteiger partial charge in [-0.2, -0.15) is 10.5 Å². The Morgan fingerprint density at radius 2 is 0.889 bits per heavy atom. The standard InChI is InChI=1S/C34H48N2/c1-3-5-7-11-31-13-19-33(20-14-31,21-15-31)29-9-10-30(28(26-36)27(29)25-35)34-22-16-32(17-23-34,18-24-34)12-8-6-4-2/h9-10H,3-8,11-24H2,1-2H3. The zero-order valence-corrected chi connectivity index (χ0v) is 23.2. The van der Waals surface area contributed by atoms with Gasteiger partial charge in [0.25, 0.3) is 0 Å². The van der Waals surface area contributed by atoms with E-state index in [4.69, 9.17) is 0 Å². The van der Waals surface area contributed by atoms with Crippen molar-refractivity contribution < 1.29 is 0 Å². The number of unbranched alkanes of at least 4 members (excludes halogenated alkanes) is 4. The molecular weight excluding hydrogens is 436 g/mol. The lowest BCUT2D eigenvalue weighted by molar-refractivity contribution is 0.0287. The topological polar surface area (TPSA) is 47.6 Å². The summed E-state index contributed by atoms with van der Waals surface area (Å²) in [4.78, 5) is 0. The van der Waals surface area contributed by atoms with E-state index in [2.05, 4.69) is 38.1 Å². The molecule has 0 aromatic heterocycles. The molecule has 0 amide bonds. The zero-order valence-electron chi connectivity index (χ0n) is 23.2. The van der Waals surface area contributed by atoms with Crippen LogP contribution in [-0.2, 0) is 10.8 Å². The van der Waals surface area contributed by atoms with E-state index in [9.17, 15) is 10.5 Å². The van der Waals surface area contributed by atoms with Crippen LogP contribution in [0.1, 0.15) is 165 Å². The lowest BCUT2D eigenvalue weighted by Gasteiger charge is -2.55. The second-order valence-corrected chi connectivity index (χ2v) is 13.6. The summed E-state index contributed by atoms with van der Waals surface area (Å²) in [5.74, 6) is 0. The Labute approximate surface area is 220 Å². The average molecular weight is 485 g/mol. The number of benzene rings is 1. The average Bonchev–Trinajstić information content (AvgIpc) is 2.94. The fourth-order valence-electron chi connectivity index (χ4n) is 9.30. The van der Waals surface area contributed by atoms with Crippen molar-refractivity contribution in [3.05, 3.63) is 34.4 Å². The van der Waals surface area contributed by atoms with E-state index >= 15 is 0 Å². The molecular formula is C34H48N2. The molecule has 0 unspecified atom stereocenters. The molecule has 4 bridgehead atoms. The number of nitrogens with zero attached hydrogens (tertiary/aromatic N) is 2. The van der Waals surface area contributed by atoms with Gasteiger partial charge < -0.3 is 0 Å². The molecule has 0 heterocycles. The molecule has 0 N–H and O–H groups in total. The molecule has 1 aromatic carbocycles. The largest absolute Gasteiger partial charge is 0.192 e. The predicted octanol–water partition coefficient (Wildman–Crippen LogP) is 9.77. The normalized spacial score (nSPS) is 34.9. The third-order valence-electron chi connectivity index (χ3n) is 12.0. The van der Waals surface area contributed by atoms with E-state index in [0.717, 1.165) is 11.1 Å². The highest BCUT2D eigenvalue weighted by Gasteiger charge is 2.52. The van der Waals surface area contributed by atoms with E-state index in [0.29, 0.717) is 10.8 Å². The SMILES string of the molecule is CCCCCC12CCC(c3ccc(C45CCC(CCCCC)(CC4)CC5)c(C#N)c3C#N)(CC1)CC2. The summed E-state index contributed by atoms with van der Waals surface area (Å²) in [5.41, 5.74) is 5.33. The third-order valence-corrected chi connectivity index (χ3v) is 12.0. The first-order chi connectivity index (χ1) is 17.5. The summed E-state index contributed by atoms with van der Waals surface area (Å²) in [6.07, 6.45) is 26.0. The number of hydrogen-bond acceptors (Lipinski definition) is 2. The van der Waals surface area contributed by atoms with Crippen molar-refractivity contribution in [2.75, 3.05) is 0 Å². The van der Waals surface area contributed by atoms with Crippen LogP contribution < -0.4 is 0 Å². The molecule has 36 heavy (non-hydrogen) atoms. The first kappa shape index (κ1) is 25.8. The molecule has 6 fully saturated rings. The summed E-state index contributed by atoms with van der Waals surface area (Å²) in [5, 5.41) is 20.9. The molecule has 194 valence electrons. The summed E-state index contributed by atoms with van der Waals surface area (Å²) in [6.45, 7) is 4.60. The minimum Gasteiger partial charge on any atom is -0.192 e. The molecule has 2 nitrogen and oxygen atoms in total. The van der Waals surface area contributed by atoms with Crippen LogP contribution in [0.2, 0.25) is 0 Å². The second-order valence-electron chi connectivity index (χ2n) is 13.6. The molecule has 0 spiro atoms. The van der Waals surface area contributed by atoms with Gasteiger partial charge in [-0.05, 0) is 123 Å². The van der Waals surface area contributed by atoms with Gasteiger partial charge in [-0.3, -0.25) is 0 Å². The van der Waals surface area contributed by atoms with Crippen LogP contribution in [0.5, 0.6) is 0 Å². The summed E-state index contributed by atoms with van der Waals surface area (Å²) < 4.78 is 0. The van der Waals surface area contributed by atoms with Gasteiger partial charge in [0.1, 0.15) is 12.1 Å². The Hall–Kier alpha value is -1.80. The van der Waals surface area contributed by atoms with Gasteiger partial charge in [-0.15, -0.1) is 0 Å². The van der Waals surface area contributed by atoms with E-state index < -0.39 is 0 Å². The Bertz CT molecular complexity index is 902. The van der Waals surface area contributed by atoms with Gasteiger partial charge in [-0.1, -0.05) is 64.5 Å². The van der Waals surface area contributed by atoms with Crippen molar-refractivity contribution in [2.45, 2.75) is 153 Å². The van der Waals surface area contributed by atoms with Gasteiger partial charge in [-0.25, -0.2) is 0 Å². The van der Waals surface area contributed by atoms with Crippen molar-refractivity contribution >= 4 is 0 Å². The lowest BCUT2D eigenvalue weighted by atomic mass is 9.49. The molecule has 0 aliphatic heterocycles. The van der Waals surface area contributed by atoms with Gasteiger partial charge in [0.15, 0.2) is 0 Å². The highest BCUT2D eigenvalue weighted by atomic mass is 14.6. The van der Waals surface area contributed by atoms with Crippen molar-refractivity contribution in [3.63, 3.8) is 0 Å². The van der Waals surface area contributed by atoms with Crippen LogP contribution in [0, 0.1) is 33.5 Å². The highest BCUT2D eigenvalue weighted by Crippen LogP contribution is 2.62. The first-order valence-electron chi connectivity index (χ1n) is 15.5. The Balaban J connectivity index is 1.38. The number of fused-ring (bicyclic) bond motifs is 6.